The molecule has 0 fully saturated rings. The Kier molecular flexibility index (Phi) is 8.02. The molecule has 0 aliphatic heterocycles. The van der Waals surface area contributed by atoms with Crippen LogP contribution in [0.4, 0.5) is 5.69 Å². The zero-order valence-corrected chi connectivity index (χ0v) is 17.1. The highest BCUT2D eigenvalue weighted by Crippen LogP contribution is 2.16. The number of methoxy groups -OCH3 is 1. The molecule has 28 heavy (non-hydrogen) atoms. The van der Waals surface area contributed by atoms with Crippen LogP contribution in [-0.4, -0.2) is 51.0 Å². The Bertz CT molecular complexity index is 807. The molecule has 0 aliphatic carbocycles. The van der Waals surface area contributed by atoms with Gasteiger partial charge in [-0.1, -0.05) is 37.3 Å². The SMILES string of the molecule is CCc1ccccc1NC(=O)CN(C)C(=O)C[NH+](C)Cc1ccccc1OC. The first-order chi connectivity index (χ1) is 13.4. The number of ether oxygens (including phenoxy) is 1. The van der Waals surface area contributed by atoms with Gasteiger partial charge in [-0.25, -0.2) is 0 Å². The highest BCUT2D eigenvalue weighted by atomic mass is 16.5. The minimum Gasteiger partial charge on any atom is -0.496 e. The van der Waals surface area contributed by atoms with Crippen LogP contribution >= 0.6 is 0 Å². The molecule has 2 N–H and O–H groups in total. The number of aryl methyl sites for hydroxylation is 1. The van der Waals surface area contributed by atoms with Gasteiger partial charge in [-0.05, 0) is 30.2 Å². The summed E-state index contributed by atoms with van der Waals surface area (Å²) < 4.78 is 5.37. The second-order valence-corrected chi connectivity index (χ2v) is 6.93. The van der Waals surface area contributed by atoms with Gasteiger partial charge in [-0.3, -0.25) is 9.59 Å². The molecule has 0 aromatic heterocycles. The van der Waals surface area contributed by atoms with E-state index in [1.165, 1.54) is 4.90 Å². The van der Waals surface area contributed by atoms with Gasteiger partial charge in [0.2, 0.25) is 5.91 Å². The van der Waals surface area contributed by atoms with Gasteiger partial charge in [0.25, 0.3) is 5.91 Å². The number of carbonyl (C=O) groups is 2. The smallest absolute Gasteiger partial charge is 0.277 e. The number of para-hydroxylation sites is 2. The number of benzene rings is 2. The van der Waals surface area contributed by atoms with E-state index in [0.717, 1.165) is 33.9 Å². The third-order valence-electron chi connectivity index (χ3n) is 4.62. The number of rotatable bonds is 9. The zero-order valence-electron chi connectivity index (χ0n) is 17.1. The summed E-state index contributed by atoms with van der Waals surface area (Å²) in [7, 11) is 5.25. The molecule has 6 heteroatoms. The van der Waals surface area contributed by atoms with E-state index in [1.54, 1.807) is 14.2 Å². The molecule has 1 unspecified atom stereocenters. The van der Waals surface area contributed by atoms with Gasteiger partial charge in [-0.2, -0.15) is 0 Å². The fourth-order valence-electron chi connectivity index (χ4n) is 3.07. The molecular formula is C22H30N3O3+. The van der Waals surface area contributed by atoms with Crippen molar-refractivity contribution < 1.29 is 19.2 Å². The van der Waals surface area contributed by atoms with Crippen molar-refractivity contribution >= 4 is 17.5 Å². The summed E-state index contributed by atoms with van der Waals surface area (Å²) in [6.07, 6.45) is 0.836. The summed E-state index contributed by atoms with van der Waals surface area (Å²) in [5.74, 6) is 0.544. The van der Waals surface area contributed by atoms with E-state index in [2.05, 4.69) is 5.32 Å². The summed E-state index contributed by atoms with van der Waals surface area (Å²) in [6.45, 7) is 3.03. The minimum atomic E-state index is -0.195. The molecule has 0 spiro atoms. The van der Waals surface area contributed by atoms with Crippen molar-refractivity contribution in [3.63, 3.8) is 0 Å². The number of nitrogens with one attached hydrogen (secondary N) is 2. The highest BCUT2D eigenvalue weighted by Gasteiger charge is 2.18. The third-order valence-corrected chi connectivity index (χ3v) is 4.62. The zero-order chi connectivity index (χ0) is 20.5. The maximum absolute atomic E-state index is 12.5. The van der Waals surface area contributed by atoms with Crippen molar-refractivity contribution in [1.29, 1.82) is 0 Å². The van der Waals surface area contributed by atoms with Crippen LogP contribution in [0.15, 0.2) is 48.5 Å². The quantitative estimate of drug-likeness (QED) is 0.686. The van der Waals surface area contributed by atoms with Crippen LogP contribution in [0.2, 0.25) is 0 Å². The molecule has 0 bridgehead atoms. The summed E-state index contributed by atoms with van der Waals surface area (Å²) in [4.78, 5) is 27.3. The average Bonchev–Trinajstić information content (AvgIpc) is 2.68. The van der Waals surface area contributed by atoms with Gasteiger partial charge in [-0.15, -0.1) is 0 Å². The molecular weight excluding hydrogens is 354 g/mol. The standard InChI is InChI=1S/C22H29N3O3/c1-5-17-10-6-8-12-19(17)23-21(26)15-25(3)22(27)16-24(2)14-18-11-7-9-13-20(18)28-4/h6-13H,5,14-16H2,1-4H3,(H,23,26)/p+1. The van der Waals surface area contributed by atoms with E-state index in [0.29, 0.717) is 13.1 Å². The van der Waals surface area contributed by atoms with Gasteiger partial charge < -0.3 is 19.9 Å². The van der Waals surface area contributed by atoms with Crippen molar-refractivity contribution in [2.45, 2.75) is 19.9 Å². The van der Waals surface area contributed by atoms with Crippen LogP contribution in [0.3, 0.4) is 0 Å². The first-order valence-electron chi connectivity index (χ1n) is 9.49. The summed E-state index contributed by atoms with van der Waals surface area (Å²) in [5.41, 5.74) is 2.92. The number of carbonyl (C=O) groups excluding carboxylic acids is 2. The number of quaternary nitrogens is 1. The van der Waals surface area contributed by atoms with E-state index < -0.39 is 0 Å². The van der Waals surface area contributed by atoms with Crippen molar-refractivity contribution in [3.8, 4) is 5.75 Å². The lowest BCUT2D eigenvalue weighted by molar-refractivity contribution is -0.885. The topological polar surface area (TPSA) is 63.1 Å². The van der Waals surface area contributed by atoms with Gasteiger partial charge in [0.1, 0.15) is 12.3 Å². The van der Waals surface area contributed by atoms with Gasteiger partial charge >= 0.3 is 0 Å². The van der Waals surface area contributed by atoms with Crippen LogP contribution < -0.4 is 15.0 Å². The van der Waals surface area contributed by atoms with Crippen LogP contribution in [-0.2, 0) is 22.6 Å². The number of hydrogen-bond acceptors (Lipinski definition) is 3. The molecule has 2 aromatic carbocycles. The van der Waals surface area contributed by atoms with E-state index in [9.17, 15) is 9.59 Å². The molecule has 2 aromatic rings. The lowest BCUT2D eigenvalue weighted by Crippen LogP contribution is -3.08. The van der Waals surface area contributed by atoms with Crippen molar-refractivity contribution in [3.05, 3.63) is 59.7 Å². The second kappa shape index (κ2) is 10.5. The predicted octanol–water partition coefficient (Wildman–Crippen LogP) is 1.37. The highest BCUT2D eigenvalue weighted by molar-refractivity contribution is 5.95. The minimum absolute atomic E-state index is 0.0266. The Morgan fingerprint density at radius 1 is 1.07 bits per heavy atom. The molecule has 1 atom stereocenters. The molecule has 6 nitrogen and oxygen atoms in total. The summed E-state index contributed by atoms with van der Waals surface area (Å²) in [6, 6.07) is 15.5. The van der Waals surface area contributed by atoms with Crippen LogP contribution in [0, 0.1) is 0 Å². The Hall–Kier alpha value is -2.86. The monoisotopic (exact) mass is 384 g/mol. The van der Waals surface area contributed by atoms with Crippen LogP contribution in [0.25, 0.3) is 0 Å². The largest absolute Gasteiger partial charge is 0.496 e. The molecule has 2 amide bonds. The lowest BCUT2D eigenvalue weighted by atomic mass is 10.1. The van der Waals surface area contributed by atoms with E-state index >= 15 is 0 Å². The maximum Gasteiger partial charge on any atom is 0.277 e. The van der Waals surface area contributed by atoms with Gasteiger partial charge in [0.05, 0.1) is 20.7 Å². The number of hydrogen-bond donors (Lipinski definition) is 2. The Labute approximate surface area is 167 Å². The van der Waals surface area contributed by atoms with E-state index in [4.69, 9.17) is 4.74 Å². The molecule has 0 saturated heterocycles. The summed E-state index contributed by atoms with van der Waals surface area (Å²) in [5, 5.41) is 2.90. The fourth-order valence-corrected chi connectivity index (χ4v) is 3.07. The van der Waals surface area contributed by atoms with Crippen LogP contribution in [0.1, 0.15) is 18.1 Å². The van der Waals surface area contributed by atoms with Crippen molar-refractivity contribution in [2.24, 2.45) is 0 Å². The number of anilines is 1. The first kappa shape index (κ1) is 21.4. The molecule has 0 saturated carbocycles. The molecule has 0 aliphatic rings. The van der Waals surface area contributed by atoms with Crippen LogP contribution in [0.5, 0.6) is 5.75 Å². The normalized spacial score (nSPS) is 11.6. The maximum atomic E-state index is 12.5. The number of amides is 2. The van der Waals surface area contributed by atoms with E-state index in [-0.39, 0.29) is 18.4 Å². The van der Waals surface area contributed by atoms with Crippen molar-refractivity contribution in [1.82, 2.24) is 4.90 Å². The third kappa shape index (κ3) is 6.09. The van der Waals surface area contributed by atoms with Crippen molar-refractivity contribution in [2.75, 3.05) is 39.6 Å². The molecule has 0 heterocycles. The molecule has 2 rings (SSSR count). The summed E-state index contributed by atoms with van der Waals surface area (Å²) >= 11 is 0. The Balaban J connectivity index is 1.87. The first-order valence-corrected chi connectivity index (χ1v) is 9.49. The predicted molar refractivity (Wildman–Crippen MR) is 111 cm³/mol. The van der Waals surface area contributed by atoms with Gasteiger partial charge in [0, 0.05) is 18.3 Å². The molecule has 150 valence electrons. The fraction of sp³-hybridized carbons (Fsp3) is 0.364. The van der Waals surface area contributed by atoms with E-state index in [1.807, 2.05) is 62.5 Å². The van der Waals surface area contributed by atoms with Gasteiger partial charge in [0.15, 0.2) is 6.54 Å². The lowest BCUT2D eigenvalue weighted by Gasteiger charge is -2.20. The Morgan fingerprint density at radius 3 is 2.39 bits per heavy atom. The molecule has 0 radical (unpaired) electrons. The number of likely N-dealkylation sites (N-methyl/N-ethyl adjacent to an activating group) is 2. The average molecular weight is 385 g/mol. The second-order valence-electron chi connectivity index (χ2n) is 6.93. The Morgan fingerprint density at radius 2 is 1.71 bits per heavy atom. The number of nitrogens with zero attached hydrogens (tertiary/aromatic N) is 1.